The van der Waals surface area contributed by atoms with Crippen LogP contribution in [0.5, 0.6) is 0 Å². The monoisotopic (exact) mass is 271 g/mol. The van der Waals surface area contributed by atoms with E-state index in [1.54, 1.807) is 24.3 Å². The van der Waals surface area contributed by atoms with Crippen LogP contribution in [0.3, 0.4) is 0 Å². The van der Waals surface area contributed by atoms with E-state index >= 15 is 0 Å². The number of benzene rings is 1. The lowest BCUT2D eigenvalue weighted by Gasteiger charge is -2.11. The lowest BCUT2D eigenvalue weighted by atomic mass is 10.2. The summed E-state index contributed by atoms with van der Waals surface area (Å²) in [6, 6.07) is 6.83. The highest BCUT2D eigenvalue weighted by atomic mass is 32.2. The number of nitrogens with two attached hydrogens (primary N) is 1. The summed E-state index contributed by atoms with van der Waals surface area (Å²) in [5.74, 6) is 0. The fourth-order valence-corrected chi connectivity index (χ4v) is 2.51. The molecule has 6 heteroatoms. The molecule has 0 spiro atoms. The van der Waals surface area contributed by atoms with Crippen molar-refractivity contribution in [1.82, 2.24) is 9.62 Å². The predicted octanol–water partition coefficient (Wildman–Crippen LogP) is 0.0277. The molecule has 0 fully saturated rings. The van der Waals surface area contributed by atoms with Gasteiger partial charge >= 0.3 is 0 Å². The first-order valence-electron chi connectivity index (χ1n) is 5.89. The second-order valence-corrected chi connectivity index (χ2v) is 6.15. The topological polar surface area (TPSA) is 75.4 Å². The van der Waals surface area contributed by atoms with Crippen LogP contribution >= 0.6 is 0 Å². The third-order valence-corrected chi connectivity index (χ3v) is 3.99. The van der Waals surface area contributed by atoms with E-state index in [0.717, 1.165) is 12.0 Å². The molecule has 1 aromatic rings. The molecule has 0 radical (unpaired) electrons. The van der Waals surface area contributed by atoms with Crippen LogP contribution in [-0.4, -0.2) is 47.0 Å². The Kier molecular flexibility index (Phi) is 5.74. The highest BCUT2D eigenvalue weighted by Crippen LogP contribution is 2.10. The van der Waals surface area contributed by atoms with Gasteiger partial charge in [0.25, 0.3) is 0 Å². The molecule has 102 valence electrons. The SMILES string of the molecule is CN(C)CCNS(=O)(=O)c1ccc(CCN)cc1. The summed E-state index contributed by atoms with van der Waals surface area (Å²) in [4.78, 5) is 2.22. The minimum absolute atomic E-state index is 0.294. The number of sulfonamides is 1. The minimum Gasteiger partial charge on any atom is -0.330 e. The molecule has 0 bridgehead atoms. The molecule has 0 aromatic heterocycles. The summed E-state index contributed by atoms with van der Waals surface area (Å²) in [5.41, 5.74) is 6.49. The number of hydrogen-bond donors (Lipinski definition) is 2. The fourth-order valence-electron chi connectivity index (χ4n) is 1.49. The van der Waals surface area contributed by atoms with E-state index in [2.05, 4.69) is 4.72 Å². The van der Waals surface area contributed by atoms with Gasteiger partial charge in [0.15, 0.2) is 0 Å². The van der Waals surface area contributed by atoms with Crippen molar-refractivity contribution in [3.63, 3.8) is 0 Å². The van der Waals surface area contributed by atoms with Crippen LogP contribution in [0.1, 0.15) is 5.56 Å². The third-order valence-electron chi connectivity index (χ3n) is 2.52. The first-order chi connectivity index (χ1) is 8.45. The molecule has 0 heterocycles. The van der Waals surface area contributed by atoms with E-state index in [9.17, 15) is 8.42 Å². The summed E-state index contributed by atoms with van der Waals surface area (Å²) < 4.78 is 26.4. The molecule has 0 saturated heterocycles. The molecule has 0 aliphatic rings. The number of hydrogen-bond acceptors (Lipinski definition) is 4. The molecular formula is C12H21N3O2S. The minimum atomic E-state index is -3.40. The maximum atomic E-state index is 11.9. The zero-order chi connectivity index (χ0) is 13.6. The molecule has 3 N–H and O–H groups in total. The van der Waals surface area contributed by atoms with Gasteiger partial charge in [-0.3, -0.25) is 0 Å². The lowest BCUT2D eigenvalue weighted by Crippen LogP contribution is -2.31. The maximum Gasteiger partial charge on any atom is 0.240 e. The smallest absolute Gasteiger partial charge is 0.240 e. The first kappa shape index (κ1) is 15.1. The Morgan fingerprint density at radius 2 is 1.83 bits per heavy atom. The quantitative estimate of drug-likeness (QED) is 0.733. The lowest BCUT2D eigenvalue weighted by molar-refractivity contribution is 0.412. The Morgan fingerprint density at radius 3 is 2.33 bits per heavy atom. The van der Waals surface area contributed by atoms with Gasteiger partial charge in [0.2, 0.25) is 10.0 Å². The highest BCUT2D eigenvalue weighted by molar-refractivity contribution is 7.89. The normalized spacial score (nSPS) is 12.0. The molecule has 0 unspecified atom stereocenters. The largest absolute Gasteiger partial charge is 0.330 e. The Morgan fingerprint density at radius 1 is 1.22 bits per heavy atom. The molecule has 1 aromatic carbocycles. The maximum absolute atomic E-state index is 11.9. The summed E-state index contributed by atoms with van der Waals surface area (Å²) in [7, 11) is 0.402. The zero-order valence-electron chi connectivity index (χ0n) is 10.9. The van der Waals surface area contributed by atoms with Gasteiger partial charge in [-0.1, -0.05) is 12.1 Å². The summed E-state index contributed by atoms with van der Waals surface area (Å²) in [6.07, 6.45) is 0.758. The number of likely N-dealkylation sites (N-methyl/N-ethyl adjacent to an activating group) is 1. The van der Waals surface area contributed by atoms with Gasteiger partial charge in [-0.2, -0.15) is 0 Å². The van der Waals surface area contributed by atoms with Crippen molar-refractivity contribution in [1.29, 1.82) is 0 Å². The van der Waals surface area contributed by atoms with Gasteiger partial charge in [-0.05, 0) is 44.8 Å². The van der Waals surface area contributed by atoms with Gasteiger partial charge in [0.05, 0.1) is 4.90 Å². The second kappa shape index (κ2) is 6.84. The van der Waals surface area contributed by atoms with Crippen molar-refractivity contribution in [2.45, 2.75) is 11.3 Å². The van der Waals surface area contributed by atoms with Gasteiger partial charge < -0.3 is 10.6 Å². The van der Waals surface area contributed by atoms with Crippen LogP contribution in [0.15, 0.2) is 29.2 Å². The van der Waals surface area contributed by atoms with Gasteiger partial charge in [0, 0.05) is 13.1 Å². The summed E-state index contributed by atoms with van der Waals surface area (Å²) in [6.45, 7) is 1.64. The van der Waals surface area contributed by atoms with Gasteiger partial charge in [-0.15, -0.1) is 0 Å². The Labute approximate surface area is 109 Å². The molecule has 18 heavy (non-hydrogen) atoms. The average molecular weight is 271 g/mol. The molecule has 0 amide bonds. The van der Waals surface area contributed by atoms with E-state index in [1.807, 2.05) is 19.0 Å². The Balaban J connectivity index is 2.67. The van der Waals surface area contributed by atoms with Crippen molar-refractivity contribution >= 4 is 10.0 Å². The summed E-state index contributed by atoms with van der Waals surface area (Å²) in [5, 5.41) is 0. The molecule has 0 aliphatic carbocycles. The van der Waals surface area contributed by atoms with Crippen LogP contribution < -0.4 is 10.5 Å². The first-order valence-corrected chi connectivity index (χ1v) is 7.37. The van der Waals surface area contributed by atoms with Crippen molar-refractivity contribution in [2.75, 3.05) is 33.7 Å². The molecule has 5 nitrogen and oxygen atoms in total. The fraction of sp³-hybridized carbons (Fsp3) is 0.500. The van der Waals surface area contributed by atoms with E-state index in [0.29, 0.717) is 24.5 Å². The van der Waals surface area contributed by atoms with E-state index in [4.69, 9.17) is 5.73 Å². The Hall–Kier alpha value is -0.950. The number of nitrogens with zero attached hydrogens (tertiary/aromatic N) is 1. The molecule has 0 aliphatic heterocycles. The highest BCUT2D eigenvalue weighted by Gasteiger charge is 2.12. The molecular weight excluding hydrogens is 250 g/mol. The van der Waals surface area contributed by atoms with Crippen molar-refractivity contribution in [3.05, 3.63) is 29.8 Å². The van der Waals surface area contributed by atoms with Crippen molar-refractivity contribution in [3.8, 4) is 0 Å². The zero-order valence-corrected chi connectivity index (χ0v) is 11.7. The molecule has 0 atom stereocenters. The van der Waals surface area contributed by atoms with E-state index in [-0.39, 0.29) is 0 Å². The van der Waals surface area contributed by atoms with Crippen molar-refractivity contribution in [2.24, 2.45) is 5.73 Å². The van der Waals surface area contributed by atoms with Crippen molar-refractivity contribution < 1.29 is 8.42 Å². The van der Waals surface area contributed by atoms with Crippen LogP contribution in [-0.2, 0) is 16.4 Å². The number of nitrogens with one attached hydrogen (secondary N) is 1. The predicted molar refractivity (Wildman–Crippen MR) is 72.9 cm³/mol. The van der Waals surface area contributed by atoms with Crippen LogP contribution in [0, 0.1) is 0 Å². The molecule has 1 rings (SSSR count). The van der Waals surface area contributed by atoms with Crippen LogP contribution in [0.4, 0.5) is 0 Å². The number of rotatable bonds is 7. The van der Waals surface area contributed by atoms with Gasteiger partial charge in [-0.25, -0.2) is 13.1 Å². The summed E-state index contributed by atoms with van der Waals surface area (Å²) >= 11 is 0. The van der Waals surface area contributed by atoms with E-state index in [1.165, 1.54) is 0 Å². The van der Waals surface area contributed by atoms with Crippen LogP contribution in [0.25, 0.3) is 0 Å². The third kappa shape index (κ3) is 4.73. The van der Waals surface area contributed by atoms with Crippen LogP contribution in [0.2, 0.25) is 0 Å². The standard InChI is InChI=1S/C12H21N3O2S/c1-15(2)10-9-14-18(16,17)12-5-3-11(4-6-12)7-8-13/h3-6,14H,7-10,13H2,1-2H3. The van der Waals surface area contributed by atoms with Gasteiger partial charge in [0.1, 0.15) is 0 Å². The second-order valence-electron chi connectivity index (χ2n) is 4.38. The van der Waals surface area contributed by atoms with E-state index < -0.39 is 10.0 Å². The molecule has 0 saturated carbocycles. The Bertz CT molecular complexity index is 455. The average Bonchev–Trinajstić information content (AvgIpc) is 2.29.